The molecule has 1 N–H and O–H groups in total. The van der Waals surface area contributed by atoms with Crippen molar-refractivity contribution in [2.24, 2.45) is 0 Å². The molecule has 3 aromatic rings. The first-order valence-electron chi connectivity index (χ1n) is 7.78. The number of alkyl halides is 1. The number of thiazole rings is 1. The highest BCUT2D eigenvalue weighted by molar-refractivity contribution is 9.10. The topological polar surface area (TPSA) is 51.2 Å². The van der Waals surface area contributed by atoms with E-state index in [1.54, 1.807) is 0 Å². The SMILES string of the molecule is CC[C@@H](Br)C(=O)Nc1nc2ccc(OCc3ccc(Cl)cc3)cc2s1. The number of aromatic nitrogens is 1. The summed E-state index contributed by atoms with van der Waals surface area (Å²) in [5, 5.41) is 4.13. The van der Waals surface area contributed by atoms with Crippen molar-refractivity contribution >= 4 is 60.1 Å². The van der Waals surface area contributed by atoms with Gasteiger partial charge in [0.1, 0.15) is 12.4 Å². The number of fused-ring (bicyclic) bond motifs is 1. The Balaban J connectivity index is 1.69. The summed E-state index contributed by atoms with van der Waals surface area (Å²) in [5.41, 5.74) is 1.88. The lowest BCUT2D eigenvalue weighted by atomic mass is 10.2. The van der Waals surface area contributed by atoms with Gasteiger partial charge in [0.2, 0.25) is 5.91 Å². The molecule has 0 spiro atoms. The highest BCUT2D eigenvalue weighted by Gasteiger charge is 2.14. The number of nitrogens with zero attached hydrogens (tertiary/aromatic N) is 1. The zero-order valence-corrected chi connectivity index (χ0v) is 16.6. The lowest BCUT2D eigenvalue weighted by molar-refractivity contribution is -0.115. The van der Waals surface area contributed by atoms with Gasteiger partial charge in [-0.2, -0.15) is 0 Å². The van der Waals surface area contributed by atoms with E-state index in [-0.39, 0.29) is 10.7 Å². The zero-order chi connectivity index (χ0) is 17.8. The second kappa shape index (κ2) is 8.17. The fourth-order valence-corrected chi connectivity index (χ4v) is 3.30. The van der Waals surface area contributed by atoms with Crippen LogP contribution in [0.3, 0.4) is 0 Å². The molecule has 1 heterocycles. The summed E-state index contributed by atoms with van der Waals surface area (Å²) in [7, 11) is 0. The van der Waals surface area contributed by atoms with Crippen LogP contribution in [0.5, 0.6) is 5.75 Å². The van der Waals surface area contributed by atoms with Crippen LogP contribution in [-0.4, -0.2) is 15.7 Å². The van der Waals surface area contributed by atoms with Gasteiger partial charge in [-0.25, -0.2) is 4.98 Å². The van der Waals surface area contributed by atoms with E-state index in [0.29, 0.717) is 16.8 Å². The van der Waals surface area contributed by atoms with Crippen LogP contribution in [0.15, 0.2) is 42.5 Å². The molecule has 7 heteroatoms. The number of rotatable bonds is 6. The molecular formula is C18H16BrClN2O2S. The van der Waals surface area contributed by atoms with Gasteiger partial charge >= 0.3 is 0 Å². The minimum absolute atomic E-state index is 0.0826. The molecule has 25 heavy (non-hydrogen) atoms. The number of ether oxygens (including phenoxy) is 1. The van der Waals surface area contributed by atoms with Crippen LogP contribution in [0.1, 0.15) is 18.9 Å². The molecule has 1 aromatic heterocycles. The fourth-order valence-electron chi connectivity index (χ4n) is 2.16. The largest absolute Gasteiger partial charge is 0.489 e. The standard InChI is InChI=1S/C18H16BrClN2O2S/c1-2-14(19)17(23)22-18-21-15-8-7-13(9-16(15)25-18)24-10-11-3-5-12(20)6-4-11/h3-9,14H,2,10H2,1H3,(H,21,22,23)/t14-/m1/s1. The predicted octanol–water partition coefficient (Wildman–Crippen LogP) is 5.64. The van der Waals surface area contributed by atoms with Crippen LogP contribution in [0, 0.1) is 0 Å². The quantitative estimate of drug-likeness (QED) is 0.506. The van der Waals surface area contributed by atoms with Gasteiger partial charge < -0.3 is 10.1 Å². The van der Waals surface area contributed by atoms with Crippen molar-refractivity contribution in [3.8, 4) is 5.75 Å². The van der Waals surface area contributed by atoms with Gasteiger partial charge in [0.05, 0.1) is 15.0 Å². The van der Waals surface area contributed by atoms with E-state index in [1.165, 1.54) is 11.3 Å². The molecule has 0 aliphatic carbocycles. The molecule has 130 valence electrons. The van der Waals surface area contributed by atoms with Gasteiger partial charge in [0, 0.05) is 5.02 Å². The summed E-state index contributed by atoms with van der Waals surface area (Å²) in [5.74, 6) is 0.677. The maximum atomic E-state index is 11.9. The number of carbonyl (C=O) groups excluding carboxylic acids is 1. The third-order valence-corrected chi connectivity index (χ3v) is 5.80. The van der Waals surface area contributed by atoms with Crippen molar-refractivity contribution in [1.82, 2.24) is 4.98 Å². The molecule has 0 fully saturated rings. The monoisotopic (exact) mass is 438 g/mol. The van der Waals surface area contributed by atoms with E-state index in [1.807, 2.05) is 49.4 Å². The van der Waals surface area contributed by atoms with E-state index in [2.05, 4.69) is 26.2 Å². The lowest BCUT2D eigenvalue weighted by Crippen LogP contribution is -2.21. The predicted molar refractivity (Wildman–Crippen MR) is 107 cm³/mol. The van der Waals surface area contributed by atoms with Crippen molar-refractivity contribution in [3.05, 3.63) is 53.1 Å². The first-order chi connectivity index (χ1) is 12.0. The molecule has 0 unspecified atom stereocenters. The number of amides is 1. The average molecular weight is 440 g/mol. The molecule has 4 nitrogen and oxygen atoms in total. The summed E-state index contributed by atoms with van der Waals surface area (Å²) in [4.78, 5) is 16.2. The minimum atomic E-state index is -0.210. The Hall–Kier alpha value is -1.63. The first kappa shape index (κ1) is 18.2. The molecule has 2 aromatic carbocycles. The first-order valence-corrected chi connectivity index (χ1v) is 9.89. The highest BCUT2D eigenvalue weighted by atomic mass is 79.9. The van der Waals surface area contributed by atoms with Gasteiger partial charge in [-0.05, 0) is 42.3 Å². The molecule has 0 saturated carbocycles. The summed E-state index contributed by atoms with van der Waals surface area (Å²) in [6.45, 7) is 2.41. The number of benzene rings is 2. The maximum Gasteiger partial charge on any atom is 0.239 e. The normalized spacial score (nSPS) is 12.1. The number of hydrogen-bond donors (Lipinski definition) is 1. The van der Waals surface area contributed by atoms with E-state index >= 15 is 0 Å². The van der Waals surface area contributed by atoms with Crippen LogP contribution in [0.25, 0.3) is 10.2 Å². The number of halogens is 2. The molecule has 3 rings (SSSR count). The Morgan fingerprint density at radius 3 is 2.80 bits per heavy atom. The van der Waals surface area contributed by atoms with Crippen LogP contribution < -0.4 is 10.1 Å². The molecule has 0 aliphatic rings. The molecule has 0 saturated heterocycles. The van der Waals surface area contributed by atoms with Crippen LogP contribution in [0.4, 0.5) is 5.13 Å². The smallest absolute Gasteiger partial charge is 0.239 e. The van der Waals surface area contributed by atoms with E-state index < -0.39 is 0 Å². The Kier molecular flexibility index (Phi) is 5.93. The molecule has 0 radical (unpaired) electrons. The number of anilines is 1. The van der Waals surface area contributed by atoms with E-state index in [0.717, 1.165) is 28.0 Å². The van der Waals surface area contributed by atoms with Gasteiger partial charge in [0.15, 0.2) is 5.13 Å². The summed E-state index contributed by atoms with van der Waals surface area (Å²) in [6, 6.07) is 13.3. The lowest BCUT2D eigenvalue weighted by Gasteiger charge is -2.06. The highest BCUT2D eigenvalue weighted by Crippen LogP contribution is 2.30. The van der Waals surface area contributed by atoms with E-state index in [4.69, 9.17) is 16.3 Å². The van der Waals surface area contributed by atoms with Crippen molar-refractivity contribution in [2.45, 2.75) is 24.8 Å². The van der Waals surface area contributed by atoms with Crippen molar-refractivity contribution in [1.29, 1.82) is 0 Å². The minimum Gasteiger partial charge on any atom is -0.489 e. The number of carbonyl (C=O) groups is 1. The van der Waals surface area contributed by atoms with Gasteiger partial charge in [-0.1, -0.05) is 57.9 Å². The Labute approximate surface area is 163 Å². The third kappa shape index (κ3) is 4.71. The third-order valence-electron chi connectivity index (χ3n) is 3.55. The molecule has 1 amide bonds. The second-order valence-electron chi connectivity index (χ2n) is 5.43. The molecule has 0 bridgehead atoms. The van der Waals surface area contributed by atoms with Gasteiger partial charge in [-0.15, -0.1) is 0 Å². The summed E-state index contributed by atoms with van der Waals surface area (Å²) >= 11 is 10.7. The Morgan fingerprint density at radius 2 is 2.08 bits per heavy atom. The van der Waals surface area contributed by atoms with Crippen molar-refractivity contribution in [2.75, 3.05) is 5.32 Å². The van der Waals surface area contributed by atoms with Crippen molar-refractivity contribution < 1.29 is 9.53 Å². The molecule has 0 aliphatic heterocycles. The summed E-state index contributed by atoms with van der Waals surface area (Å²) in [6.07, 6.45) is 0.722. The Bertz CT molecular complexity index is 882. The Morgan fingerprint density at radius 1 is 1.32 bits per heavy atom. The van der Waals surface area contributed by atoms with Crippen LogP contribution >= 0.6 is 38.9 Å². The molecule has 1 atom stereocenters. The maximum absolute atomic E-state index is 11.9. The number of nitrogens with one attached hydrogen (secondary N) is 1. The van der Waals surface area contributed by atoms with Crippen LogP contribution in [-0.2, 0) is 11.4 Å². The van der Waals surface area contributed by atoms with Gasteiger partial charge in [-0.3, -0.25) is 4.79 Å². The number of hydrogen-bond acceptors (Lipinski definition) is 4. The zero-order valence-electron chi connectivity index (χ0n) is 13.5. The van der Waals surface area contributed by atoms with E-state index in [9.17, 15) is 4.79 Å². The van der Waals surface area contributed by atoms with Crippen molar-refractivity contribution in [3.63, 3.8) is 0 Å². The average Bonchev–Trinajstić information content (AvgIpc) is 3.01. The second-order valence-corrected chi connectivity index (χ2v) is 8.00. The van der Waals surface area contributed by atoms with Crippen LogP contribution in [0.2, 0.25) is 5.02 Å². The van der Waals surface area contributed by atoms with Gasteiger partial charge in [0.25, 0.3) is 0 Å². The summed E-state index contributed by atoms with van der Waals surface area (Å²) < 4.78 is 6.79. The molecular weight excluding hydrogens is 424 g/mol. The fraction of sp³-hybridized carbons (Fsp3) is 0.222.